The number of pyridine rings is 2. The average Bonchev–Trinajstić information content (AvgIpc) is 3.68. The van der Waals surface area contributed by atoms with Crippen LogP contribution in [-0.4, -0.2) is 52.7 Å². The zero-order chi connectivity index (χ0) is 27.5. The Balaban J connectivity index is 1.37. The van der Waals surface area contributed by atoms with E-state index in [9.17, 15) is 9.59 Å². The molecule has 1 aliphatic carbocycles. The number of methoxy groups -OCH3 is 1. The number of benzene rings is 1. The number of fused-ring (bicyclic) bond motifs is 1. The molecule has 208 valence electrons. The molecular formula is C30H38ClN5O3. The minimum atomic E-state index is -0.0574. The molecule has 1 saturated heterocycles. The molecule has 5 rings (SSSR count). The number of carbonyl (C=O) groups is 1. The van der Waals surface area contributed by atoms with Crippen molar-refractivity contribution in [3.8, 4) is 0 Å². The van der Waals surface area contributed by atoms with Gasteiger partial charge in [0, 0.05) is 68.4 Å². The predicted octanol–water partition coefficient (Wildman–Crippen LogP) is 5.96. The molecule has 0 bridgehead atoms. The number of hydrogen-bond acceptors (Lipinski definition) is 6. The number of anilines is 3. The number of rotatable bonds is 11. The first-order chi connectivity index (χ1) is 18.9. The molecular weight excluding hydrogens is 514 g/mol. The van der Waals surface area contributed by atoms with E-state index in [0.717, 1.165) is 67.5 Å². The summed E-state index contributed by atoms with van der Waals surface area (Å²) in [5, 5.41) is 8.34. The van der Waals surface area contributed by atoms with E-state index in [1.54, 1.807) is 30.9 Å². The van der Waals surface area contributed by atoms with Gasteiger partial charge in [-0.25, -0.2) is 4.98 Å². The van der Waals surface area contributed by atoms with Crippen LogP contribution in [0.15, 0.2) is 41.3 Å². The fourth-order valence-corrected chi connectivity index (χ4v) is 5.75. The lowest BCUT2D eigenvalue weighted by molar-refractivity contribution is 0.0721. The summed E-state index contributed by atoms with van der Waals surface area (Å²) in [6.45, 7) is 3.67. The van der Waals surface area contributed by atoms with E-state index >= 15 is 0 Å². The molecule has 2 aromatic heterocycles. The van der Waals surface area contributed by atoms with E-state index in [1.165, 1.54) is 19.0 Å². The number of unbranched alkanes of at least 4 members (excludes halogenated alkanes) is 1. The van der Waals surface area contributed by atoms with Gasteiger partial charge in [0.2, 0.25) is 0 Å². The fourth-order valence-electron chi connectivity index (χ4n) is 5.60. The standard InChI is InChI=1S/C30H38ClN5O3/c1-19(20-9-10-20)33-25-17-29(37)35(2)28-12-11-21(15-23(25)28)34-26-16-27(32-18-24(26)31)30(38)36-13-6-8-22(36)7-4-5-14-39-3/h11-12,15-20,22,33H,4-10,13-14H2,1-3H3,(H,32,34). The van der Waals surface area contributed by atoms with Crippen molar-refractivity contribution in [2.45, 2.75) is 64.0 Å². The molecule has 2 atom stereocenters. The second-order valence-electron chi connectivity index (χ2n) is 10.9. The quantitative estimate of drug-likeness (QED) is 0.286. The summed E-state index contributed by atoms with van der Waals surface area (Å²) in [6, 6.07) is 9.82. The van der Waals surface area contributed by atoms with Crippen molar-refractivity contribution in [1.82, 2.24) is 14.5 Å². The molecule has 1 aliphatic heterocycles. The van der Waals surface area contributed by atoms with Crippen LogP contribution < -0.4 is 16.2 Å². The normalized spacial score (nSPS) is 17.9. The Morgan fingerprint density at radius 3 is 2.77 bits per heavy atom. The molecule has 1 aromatic carbocycles. The smallest absolute Gasteiger partial charge is 0.272 e. The van der Waals surface area contributed by atoms with Crippen molar-refractivity contribution in [2.24, 2.45) is 13.0 Å². The maximum atomic E-state index is 13.4. The van der Waals surface area contributed by atoms with Gasteiger partial charge >= 0.3 is 0 Å². The summed E-state index contributed by atoms with van der Waals surface area (Å²) in [6.07, 6.45) is 9.01. The molecule has 39 heavy (non-hydrogen) atoms. The molecule has 2 unspecified atom stereocenters. The van der Waals surface area contributed by atoms with E-state index in [4.69, 9.17) is 16.3 Å². The Bertz CT molecular complexity index is 1400. The Morgan fingerprint density at radius 2 is 2.00 bits per heavy atom. The summed E-state index contributed by atoms with van der Waals surface area (Å²) < 4.78 is 6.82. The number of carbonyl (C=O) groups excluding carboxylic acids is 1. The van der Waals surface area contributed by atoms with Gasteiger partial charge in [0.1, 0.15) is 5.69 Å². The van der Waals surface area contributed by atoms with E-state index in [-0.39, 0.29) is 17.5 Å². The van der Waals surface area contributed by atoms with Crippen LogP contribution in [0.3, 0.4) is 0 Å². The van der Waals surface area contributed by atoms with Gasteiger partial charge in [-0.05, 0) is 82.1 Å². The number of amides is 1. The number of nitrogens with zero attached hydrogens (tertiary/aromatic N) is 3. The summed E-state index contributed by atoms with van der Waals surface area (Å²) in [4.78, 5) is 32.4. The van der Waals surface area contributed by atoms with E-state index in [1.807, 2.05) is 23.1 Å². The number of hydrogen-bond donors (Lipinski definition) is 2. The molecule has 3 aromatic rings. The van der Waals surface area contributed by atoms with Crippen molar-refractivity contribution >= 4 is 45.5 Å². The van der Waals surface area contributed by atoms with E-state index in [0.29, 0.717) is 28.4 Å². The first kappa shape index (κ1) is 27.5. The first-order valence-electron chi connectivity index (χ1n) is 14.0. The van der Waals surface area contributed by atoms with Crippen molar-refractivity contribution in [2.75, 3.05) is 30.9 Å². The van der Waals surface area contributed by atoms with Crippen LogP contribution in [0.4, 0.5) is 17.1 Å². The maximum absolute atomic E-state index is 13.4. The SMILES string of the molecule is COCCCCC1CCCN1C(=O)c1cc(Nc2ccc3c(c2)c(NC(C)C2CC2)cc(=O)n3C)c(Cl)cn1. The maximum Gasteiger partial charge on any atom is 0.272 e. The number of ether oxygens (including phenoxy) is 1. The minimum Gasteiger partial charge on any atom is -0.385 e. The number of halogens is 1. The third-order valence-electron chi connectivity index (χ3n) is 8.09. The van der Waals surface area contributed by atoms with Crippen LogP contribution in [0.2, 0.25) is 5.02 Å². The summed E-state index contributed by atoms with van der Waals surface area (Å²) in [5.41, 5.74) is 3.45. The van der Waals surface area contributed by atoms with Gasteiger partial charge in [0.25, 0.3) is 11.5 Å². The van der Waals surface area contributed by atoms with Crippen LogP contribution in [0.25, 0.3) is 10.9 Å². The van der Waals surface area contributed by atoms with Crippen molar-refractivity contribution in [3.05, 3.63) is 57.6 Å². The van der Waals surface area contributed by atoms with Gasteiger partial charge < -0.3 is 24.8 Å². The highest BCUT2D eigenvalue weighted by Crippen LogP contribution is 2.36. The largest absolute Gasteiger partial charge is 0.385 e. The number of likely N-dealkylation sites (tertiary alicyclic amines) is 1. The summed E-state index contributed by atoms with van der Waals surface area (Å²) in [5.74, 6) is 0.593. The molecule has 2 aliphatic rings. The van der Waals surface area contributed by atoms with Gasteiger partial charge in [-0.15, -0.1) is 0 Å². The zero-order valence-electron chi connectivity index (χ0n) is 23.0. The Morgan fingerprint density at radius 1 is 1.18 bits per heavy atom. The van der Waals surface area contributed by atoms with Gasteiger partial charge in [-0.3, -0.25) is 9.59 Å². The van der Waals surface area contributed by atoms with Gasteiger partial charge in [0.15, 0.2) is 0 Å². The minimum absolute atomic E-state index is 0.0482. The molecule has 2 N–H and O–H groups in total. The van der Waals surface area contributed by atoms with Gasteiger partial charge in [-0.1, -0.05) is 11.6 Å². The Labute approximate surface area is 234 Å². The summed E-state index contributed by atoms with van der Waals surface area (Å²) in [7, 11) is 3.50. The van der Waals surface area contributed by atoms with Crippen LogP contribution in [0.1, 0.15) is 62.4 Å². The fraction of sp³-hybridized carbons (Fsp3) is 0.500. The van der Waals surface area contributed by atoms with E-state index in [2.05, 4.69) is 22.5 Å². The number of nitrogens with one attached hydrogen (secondary N) is 2. The predicted molar refractivity (Wildman–Crippen MR) is 157 cm³/mol. The van der Waals surface area contributed by atoms with Crippen LogP contribution >= 0.6 is 11.6 Å². The molecule has 9 heteroatoms. The molecule has 8 nitrogen and oxygen atoms in total. The van der Waals surface area contributed by atoms with Crippen molar-refractivity contribution in [3.63, 3.8) is 0 Å². The van der Waals surface area contributed by atoms with Crippen LogP contribution in [-0.2, 0) is 11.8 Å². The molecule has 1 saturated carbocycles. The lowest BCUT2D eigenvalue weighted by Gasteiger charge is -2.24. The molecule has 0 spiro atoms. The topological polar surface area (TPSA) is 88.5 Å². The second kappa shape index (κ2) is 12.0. The summed E-state index contributed by atoms with van der Waals surface area (Å²) >= 11 is 6.52. The third-order valence-corrected chi connectivity index (χ3v) is 8.39. The lowest BCUT2D eigenvalue weighted by Crippen LogP contribution is -2.36. The Hall–Kier alpha value is -3.10. The third kappa shape index (κ3) is 6.23. The van der Waals surface area contributed by atoms with Crippen molar-refractivity contribution < 1.29 is 9.53 Å². The molecule has 2 fully saturated rings. The zero-order valence-corrected chi connectivity index (χ0v) is 23.8. The molecule has 3 heterocycles. The molecule has 0 radical (unpaired) electrons. The first-order valence-corrected chi connectivity index (χ1v) is 14.4. The lowest BCUT2D eigenvalue weighted by atomic mass is 10.1. The van der Waals surface area contributed by atoms with Crippen molar-refractivity contribution in [1.29, 1.82) is 0 Å². The second-order valence-corrected chi connectivity index (χ2v) is 11.3. The highest BCUT2D eigenvalue weighted by molar-refractivity contribution is 6.33. The van der Waals surface area contributed by atoms with E-state index < -0.39 is 0 Å². The van der Waals surface area contributed by atoms with Crippen LogP contribution in [0.5, 0.6) is 0 Å². The molecule has 1 amide bonds. The van der Waals surface area contributed by atoms with Gasteiger partial charge in [0.05, 0.1) is 16.2 Å². The number of aryl methyl sites for hydroxylation is 1. The Kier molecular flexibility index (Phi) is 8.43. The highest BCUT2D eigenvalue weighted by atomic mass is 35.5. The monoisotopic (exact) mass is 551 g/mol. The van der Waals surface area contributed by atoms with Gasteiger partial charge in [-0.2, -0.15) is 0 Å². The average molecular weight is 552 g/mol. The van der Waals surface area contributed by atoms with Crippen LogP contribution in [0, 0.1) is 5.92 Å². The number of aromatic nitrogens is 2. The highest BCUT2D eigenvalue weighted by Gasteiger charge is 2.30.